The quantitative estimate of drug-likeness (QED) is 0.731. The maximum Gasteiger partial charge on any atom is 0.259 e. The molecule has 0 saturated heterocycles. The summed E-state index contributed by atoms with van der Waals surface area (Å²) < 4.78 is 0. The molecule has 0 unspecified atom stereocenters. The molecule has 0 aliphatic heterocycles. The highest BCUT2D eigenvalue weighted by atomic mass is 35.5. The molecule has 104 valence electrons. The fourth-order valence-corrected chi connectivity index (χ4v) is 2.35. The molecule has 5 heteroatoms. The third-order valence-corrected chi connectivity index (χ3v) is 3.42. The van der Waals surface area contributed by atoms with Gasteiger partial charge in [-0.2, -0.15) is 0 Å². The van der Waals surface area contributed by atoms with Crippen LogP contribution in [0.1, 0.15) is 16.1 Å². The molecule has 21 heavy (non-hydrogen) atoms. The molecule has 2 aromatic heterocycles. The van der Waals surface area contributed by atoms with Gasteiger partial charge in [0.2, 0.25) is 0 Å². The summed E-state index contributed by atoms with van der Waals surface area (Å²) in [6, 6.07) is 12.9. The summed E-state index contributed by atoms with van der Waals surface area (Å²) in [5, 5.41) is 4.68. The third kappa shape index (κ3) is 2.71. The topological polar surface area (TPSA) is 54.9 Å². The number of pyridine rings is 2. The summed E-state index contributed by atoms with van der Waals surface area (Å²) >= 11 is 6.06. The van der Waals surface area contributed by atoms with Crippen molar-refractivity contribution in [1.82, 2.24) is 9.97 Å². The highest BCUT2D eigenvalue weighted by Crippen LogP contribution is 2.24. The minimum absolute atomic E-state index is 0.256. The zero-order valence-corrected chi connectivity index (χ0v) is 12.1. The number of anilines is 1. The first-order valence-corrected chi connectivity index (χ1v) is 6.81. The molecule has 0 aliphatic carbocycles. The van der Waals surface area contributed by atoms with E-state index >= 15 is 0 Å². The molecule has 0 aliphatic rings. The number of nitrogens with one attached hydrogen (secondary N) is 1. The SMILES string of the molecule is Cc1cccc(NC(=O)c2cnc(Cl)c3ccccc23)n1. The molecule has 4 nitrogen and oxygen atoms in total. The fraction of sp³-hybridized carbons (Fsp3) is 0.0625. The zero-order chi connectivity index (χ0) is 14.8. The van der Waals surface area contributed by atoms with Gasteiger partial charge in [-0.3, -0.25) is 4.79 Å². The van der Waals surface area contributed by atoms with Gasteiger partial charge in [0, 0.05) is 17.3 Å². The molecule has 2 heterocycles. The van der Waals surface area contributed by atoms with Gasteiger partial charge in [0.1, 0.15) is 11.0 Å². The smallest absolute Gasteiger partial charge is 0.259 e. The van der Waals surface area contributed by atoms with E-state index in [1.165, 1.54) is 6.20 Å². The van der Waals surface area contributed by atoms with Crippen LogP contribution in [0.2, 0.25) is 5.15 Å². The molecular formula is C16H12ClN3O. The molecule has 0 bridgehead atoms. The number of benzene rings is 1. The predicted molar refractivity (Wildman–Crippen MR) is 83.7 cm³/mol. The van der Waals surface area contributed by atoms with Crippen LogP contribution in [0, 0.1) is 6.92 Å². The van der Waals surface area contributed by atoms with Gasteiger partial charge in [0.15, 0.2) is 0 Å². The number of aryl methyl sites for hydroxylation is 1. The number of hydrogen-bond acceptors (Lipinski definition) is 3. The molecule has 3 aromatic rings. The van der Waals surface area contributed by atoms with Crippen LogP contribution < -0.4 is 5.32 Å². The lowest BCUT2D eigenvalue weighted by atomic mass is 10.1. The number of carbonyl (C=O) groups is 1. The van der Waals surface area contributed by atoms with E-state index in [4.69, 9.17) is 11.6 Å². The maximum absolute atomic E-state index is 12.4. The molecule has 1 aromatic carbocycles. The Kier molecular flexibility index (Phi) is 3.54. The Morgan fingerprint density at radius 3 is 2.62 bits per heavy atom. The summed E-state index contributed by atoms with van der Waals surface area (Å²) in [4.78, 5) is 20.7. The molecule has 1 N–H and O–H groups in total. The third-order valence-electron chi connectivity index (χ3n) is 3.12. The van der Waals surface area contributed by atoms with Crippen molar-refractivity contribution in [3.05, 3.63) is 65.1 Å². The van der Waals surface area contributed by atoms with Gasteiger partial charge in [-0.1, -0.05) is 41.9 Å². The summed E-state index contributed by atoms with van der Waals surface area (Å²) in [7, 11) is 0. The van der Waals surface area contributed by atoms with Crippen LogP contribution in [0.3, 0.4) is 0 Å². The Morgan fingerprint density at radius 2 is 1.86 bits per heavy atom. The van der Waals surface area contributed by atoms with Crippen molar-refractivity contribution in [2.24, 2.45) is 0 Å². The first-order valence-electron chi connectivity index (χ1n) is 6.43. The number of aromatic nitrogens is 2. The van der Waals surface area contributed by atoms with Gasteiger partial charge in [0.25, 0.3) is 5.91 Å². The Balaban J connectivity index is 2.01. The van der Waals surface area contributed by atoms with Crippen LogP contribution in [0.5, 0.6) is 0 Å². The van der Waals surface area contributed by atoms with E-state index in [9.17, 15) is 4.79 Å². The number of rotatable bonds is 2. The fourth-order valence-electron chi connectivity index (χ4n) is 2.14. The minimum atomic E-state index is -0.256. The lowest BCUT2D eigenvalue weighted by Gasteiger charge is -2.08. The number of carbonyl (C=O) groups excluding carboxylic acids is 1. The Bertz CT molecular complexity index is 833. The van der Waals surface area contributed by atoms with Crippen molar-refractivity contribution in [1.29, 1.82) is 0 Å². The number of amides is 1. The van der Waals surface area contributed by atoms with E-state index in [1.807, 2.05) is 43.3 Å². The van der Waals surface area contributed by atoms with Crippen LogP contribution >= 0.6 is 11.6 Å². The van der Waals surface area contributed by atoms with Crippen molar-refractivity contribution < 1.29 is 4.79 Å². The first-order chi connectivity index (χ1) is 10.1. The average Bonchev–Trinajstić information content (AvgIpc) is 2.48. The number of nitrogens with zero attached hydrogens (tertiary/aromatic N) is 2. The van der Waals surface area contributed by atoms with Gasteiger partial charge in [0.05, 0.1) is 5.56 Å². The van der Waals surface area contributed by atoms with E-state index in [-0.39, 0.29) is 5.91 Å². The maximum atomic E-state index is 12.4. The van der Waals surface area contributed by atoms with Crippen LogP contribution in [-0.2, 0) is 0 Å². The Labute approximate surface area is 126 Å². The highest BCUT2D eigenvalue weighted by Gasteiger charge is 2.13. The van der Waals surface area contributed by atoms with Crippen molar-refractivity contribution in [3.8, 4) is 0 Å². The van der Waals surface area contributed by atoms with Gasteiger partial charge in [-0.25, -0.2) is 9.97 Å². The number of hydrogen-bond donors (Lipinski definition) is 1. The summed E-state index contributed by atoms with van der Waals surface area (Å²) in [5.74, 6) is 0.257. The normalized spacial score (nSPS) is 10.6. The molecular weight excluding hydrogens is 286 g/mol. The Hall–Kier alpha value is -2.46. The highest BCUT2D eigenvalue weighted by molar-refractivity contribution is 6.35. The lowest BCUT2D eigenvalue weighted by Crippen LogP contribution is -2.14. The molecule has 0 fully saturated rings. The average molecular weight is 298 g/mol. The summed E-state index contributed by atoms with van der Waals surface area (Å²) in [5.41, 5.74) is 1.31. The molecule has 3 rings (SSSR count). The van der Waals surface area contributed by atoms with Gasteiger partial charge in [-0.05, 0) is 24.4 Å². The van der Waals surface area contributed by atoms with Crippen LogP contribution in [0.15, 0.2) is 48.7 Å². The van der Waals surface area contributed by atoms with E-state index < -0.39 is 0 Å². The second kappa shape index (κ2) is 5.50. The van der Waals surface area contributed by atoms with Crippen LogP contribution in [0.4, 0.5) is 5.82 Å². The van der Waals surface area contributed by atoms with E-state index in [1.54, 1.807) is 6.07 Å². The van der Waals surface area contributed by atoms with Gasteiger partial charge in [-0.15, -0.1) is 0 Å². The van der Waals surface area contributed by atoms with Crippen molar-refractivity contribution in [2.75, 3.05) is 5.32 Å². The van der Waals surface area contributed by atoms with Gasteiger partial charge < -0.3 is 5.32 Å². The number of halogens is 1. The minimum Gasteiger partial charge on any atom is -0.306 e. The summed E-state index contributed by atoms with van der Waals surface area (Å²) in [6.45, 7) is 1.87. The second-order valence-corrected chi connectivity index (χ2v) is 4.98. The molecule has 0 spiro atoms. The predicted octanol–water partition coefficient (Wildman–Crippen LogP) is 3.84. The second-order valence-electron chi connectivity index (χ2n) is 4.63. The standard InChI is InChI=1S/C16H12ClN3O/c1-10-5-4-8-14(19-10)20-16(21)13-9-18-15(17)12-7-3-2-6-11(12)13/h2-9H,1H3,(H,19,20,21). The Morgan fingerprint density at radius 1 is 1.10 bits per heavy atom. The number of fused-ring (bicyclic) bond motifs is 1. The van der Waals surface area contributed by atoms with E-state index in [0.717, 1.165) is 16.5 Å². The summed E-state index contributed by atoms with van der Waals surface area (Å²) in [6.07, 6.45) is 1.48. The zero-order valence-electron chi connectivity index (χ0n) is 11.3. The van der Waals surface area contributed by atoms with Crippen molar-refractivity contribution in [3.63, 3.8) is 0 Å². The molecule has 1 amide bonds. The molecule has 0 atom stereocenters. The lowest BCUT2D eigenvalue weighted by molar-refractivity contribution is 0.102. The van der Waals surface area contributed by atoms with Crippen molar-refractivity contribution in [2.45, 2.75) is 6.92 Å². The largest absolute Gasteiger partial charge is 0.306 e. The van der Waals surface area contributed by atoms with Crippen LogP contribution in [-0.4, -0.2) is 15.9 Å². The molecule has 0 radical (unpaired) electrons. The first kappa shape index (κ1) is 13.5. The van der Waals surface area contributed by atoms with E-state index in [2.05, 4.69) is 15.3 Å². The van der Waals surface area contributed by atoms with Crippen molar-refractivity contribution >= 4 is 34.1 Å². The van der Waals surface area contributed by atoms with E-state index in [0.29, 0.717) is 16.5 Å². The molecule has 0 saturated carbocycles. The van der Waals surface area contributed by atoms with Gasteiger partial charge >= 0.3 is 0 Å². The van der Waals surface area contributed by atoms with Crippen LogP contribution in [0.25, 0.3) is 10.8 Å². The monoisotopic (exact) mass is 297 g/mol.